The first kappa shape index (κ1) is 17.6. The van der Waals surface area contributed by atoms with Crippen LogP contribution in [0.25, 0.3) is 0 Å². The van der Waals surface area contributed by atoms with Gasteiger partial charge in [0.1, 0.15) is 11.3 Å². The topological polar surface area (TPSA) is 58.6 Å². The Morgan fingerprint density at radius 1 is 1.08 bits per heavy atom. The number of benzene rings is 2. The minimum atomic E-state index is -1.15. The van der Waals surface area contributed by atoms with Crippen LogP contribution < -0.4 is 10.1 Å². The molecule has 0 radical (unpaired) electrons. The Balaban J connectivity index is 1.92. The third-order valence-corrected chi connectivity index (χ3v) is 4.75. The van der Waals surface area contributed by atoms with Crippen LogP contribution in [0.4, 0.5) is 4.79 Å². The zero-order valence-corrected chi connectivity index (χ0v) is 15.2. The molecular weight excluding hydrogens is 363 g/mol. The van der Waals surface area contributed by atoms with E-state index in [2.05, 4.69) is 5.32 Å². The van der Waals surface area contributed by atoms with Crippen LogP contribution in [0.15, 0.2) is 42.5 Å². The molecule has 130 valence electrons. The standard InChI is InChI=1S/C18H16Cl2N2O3/c1-18(12-3-5-13(19)6-4-12)16(23)22(17(24)21-18)10-11-9-14(20)7-8-15(11)25-2/h3-9H,10H2,1-2H3,(H,21,24)/t18-/m0/s1. The van der Waals surface area contributed by atoms with Crippen LogP contribution in [0.2, 0.25) is 10.0 Å². The molecule has 7 heteroatoms. The van der Waals surface area contributed by atoms with Crippen LogP contribution >= 0.6 is 23.2 Å². The van der Waals surface area contributed by atoms with Gasteiger partial charge >= 0.3 is 6.03 Å². The van der Waals surface area contributed by atoms with E-state index < -0.39 is 11.6 Å². The molecule has 0 unspecified atom stereocenters. The molecule has 1 fully saturated rings. The van der Waals surface area contributed by atoms with E-state index in [4.69, 9.17) is 27.9 Å². The van der Waals surface area contributed by atoms with Gasteiger partial charge in [-0.05, 0) is 42.8 Å². The predicted octanol–water partition coefficient (Wildman–Crippen LogP) is 3.97. The van der Waals surface area contributed by atoms with Crippen molar-refractivity contribution in [1.29, 1.82) is 0 Å². The van der Waals surface area contributed by atoms with Crippen molar-refractivity contribution in [3.05, 3.63) is 63.6 Å². The summed E-state index contributed by atoms with van der Waals surface area (Å²) in [5.41, 5.74) is 0.169. The lowest BCUT2D eigenvalue weighted by atomic mass is 9.92. The van der Waals surface area contributed by atoms with Gasteiger partial charge in [-0.15, -0.1) is 0 Å². The van der Waals surface area contributed by atoms with Crippen molar-refractivity contribution < 1.29 is 14.3 Å². The molecule has 1 aliphatic heterocycles. The second-order valence-corrected chi connectivity index (χ2v) is 6.78. The summed E-state index contributed by atoms with van der Waals surface area (Å²) in [6, 6.07) is 11.4. The van der Waals surface area contributed by atoms with E-state index in [9.17, 15) is 9.59 Å². The maximum Gasteiger partial charge on any atom is 0.325 e. The Kier molecular flexibility index (Phi) is 4.62. The average molecular weight is 379 g/mol. The highest BCUT2D eigenvalue weighted by molar-refractivity contribution is 6.31. The third-order valence-electron chi connectivity index (χ3n) is 4.27. The zero-order chi connectivity index (χ0) is 18.2. The lowest BCUT2D eigenvalue weighted by Gasteiger charge is -2.22. The minimum absolute atomic E-state index is 0.0670. The molecule has 0 aliphatic carbocycles. The molecular formula is C18H16Cl2N2O3. The second kappa shape index (κ2) is 6.58. The van der Waals surface area contributed by atoms with Crippen LogP contribution in [0.5, 0.6) is 5.75 Å². The lowest BCUT2D eigenvalue weighted by Crippen LogP contribution is -2.40. The SMILES string of the molecule is COc1ccc(Cl)cc1CN1C(=O)N[C@@](C)(c2ccc(Cl)cc2)C1=O. The maximum absolute atomic E-state index is 12.9. The van der Waals surface area contributed by atoms with E-state index >= 15 is 0 Å². The van der Waals surface area contributed by atoms with Crippen molar-refractivity contribution in [2.75, 3.05) is 7.11 Å². The normalized spacial score (nSPS) is 19.9. The quantitative estimate of drug-likeness (QED) is 0.818. The van der Waals surface area contributed by atoms with E-state index in [0.717, 1.165) is 4.90 Å². The maximum atomic E-state index is 12.9. The summed E-state index contributed by atoms with van der Waals surface area (Å²) < 4.78 is 5.29. The van der Waals surface area contributed by atoms with Gasteiger partial charge in [-0.1, -0.05) is 35.3 Å². The lowest BCUT2D eigenvalue weighted by molar-refractivity contribution is -0.131. The Hall–Kier alpha value is -2.24. The first-order chi connectivity index (χ1) is 11.8. The van der Waals surface area contributed by atoms with Crippen LogP contribution in [-0.4, -0.2) is 23.9 Å². The number of carbonyl (C=O) groups excluding carboxylic acids is 2. The van der Waals surface area contributed by atoms with Gasteiger partial charge in [-0.2, -0.15) is 0 Å². The molecule has 25 heavy (non-hydrogen) atoms. The number of ether oxygens (including phenoxy) is 1. The molecule has 0 spiro atoms. The molecule has 0 aromatic heterocycles. The number of methoxy groups -OCH3 is 1. The molecule has 2 aromatic rings. The molecule has 3 amide bonds. The van der Waals surface area contributed by atoms with Crippen LogP contribution in [0.1, 0.15) is 18.1 Å². The highest BCUT2D eigenvalue weighted by Gasteiger charge is 2.49. The molecule has 1 N–H and O–H groups in total. The van der Waals surface area contributed by atoms with Gasteiger partial charge in [0, 0.05) is 15.6 Å². The van der Waals surface area contributed by atoms with Crippen molar-refractivity contribution >= 4 is 35.1 Å². The van der Waals surface area contributed by atoms with Gasteiger partial charge in [0.05, 0.1) is 13.7 Å². The predicted molar refractivity (Wildman–Crippen MR) is 95.9 cm³/mol. The molecule has 3 rings (SSSR count). The van der Waals surface area contributed by atoms with Gasteiger partial charge in [-0.25, -0.2) is 4.79 Å². The second-order valence-electron chi connectivity index (χ2n) is 5.91. The molecule has 5 nitrogen and oxygen atoms in total. The van der Waals surface area contributed by atoms with Gasteiger partial charge in [0.2, 0.25) is 0 Å². The molecule has 0 bridgehead atoms. The number of imide groups is 1. The Morgan fingerprint density at radius 3 is 2.36 bits per heavy atom. The summed E-state index contributed by atoms with van der Waals surface area (Å²) >= 11 is 11.9. The summed E-state index contributed by atoms with van der Waals surface area (Å²) in [5.74, 6) is 0.215. The first-order valence-electron chi connectivity index (χ1n) is 7.57. The average Bonchev–Trinajstić information content (AvgIpc) is 2.80. The summed E-state index contributed by atoms with van der Waals surface area (Å²) in [6.07, 6.45) is 0. The van der Waals surface area contributed by atoms with Crippen molar-refractivity contribution in [3.63, 3.8) is 0 Å². The number of rotatable bonds is 4. The summed E-state index contributed by atoms with van der Waals surface area (Å²) in [7, 11) is 1.52. The van der Waals surface area contributed by atoms with Gasteiger partial charge < -0.3 is 10.1 Å². The van der Waals surface area contributed by atoms with E-state index in [1.807, 2.05) is 0 Å². The molecule has 1 atom stereocenters. The Bertz CT molecular complexity index is 839. The number of carbonyl (C=O) groups is 2. The monoisotopic (exact) mass is 378 g/mol. The van der Waals surface area contributed by atoms with Crippen LogP contribution in [0.3, 0.4) is 0 Å². The molecule has 1 heterocycles. The van der Waals surface area contributed by atoms with E-state index in [1.165, 1.54) is 7.11 Å². The van der Waals surface area contributed by atoms with Crippen molar-refractivity contribution in [2.45, 2.75) is 19.0 Å². The fourth-order valence-electron chi connectivity index (χ4n) is 2.86. The number of halogens is 2. The van der Waals surface area contributed by atoms with E-state index in [-0.39, 0.29) is 12.5 Å². The summed E-state index contributed by atoms with van der Waals surface area (Å²) in [6.45, 7) is 1.74. The van der Waals surface area contributed by atoms with Crippen LogP contribution in [-0.2, 0) is 16.9 Å². The fraction of sp³-hybridized carbons (Fsp3) is 0.222. The highest BCUT2D eigenvalue weighted by atomic mass is 35.5. The third kappa shape index (κ3) is 3.17. The van der Waals surface area contributed by atoms with Gasteiger partial charge in [0.25, 0.3) is 5.91 Å². The first-order valence-corrected chi connectivity index (χ1v) is 8.33. The van der Waals surface area contributed by atoms with Crippen molar-refractivity contribution in [2.24, 2.45) is 0 Å². The van der Waals surface area contributed by atoms with Gasteiger partial charge in [0.15, 0.2) is 0 Å². The number of urea groups is 1. The Morgan fingerprint density at radius 2 is 1.72 bits per heavy atom. The molecule has 0 saturated carbocycles. The number of amides is 3. The molecule has 1 saturated heterocycles. The minimum Gasteiger partial charge on any atom is -0.496 e. The molecule has 2 aromatic carbocycles. The number of hydrogen-bond donors (Lipinski definition) is 1. The number of nitrogens with zero attached hydrogens (tertiary/aromatic N) is 1. The smallest absolute Gasteiger partial charge is 0.325 e. The van der Waals surface area contributed by atoms with Crippen molar-refractivity contribution in [3.8, 4) is 5.75 Å². The van der Waals surface area contributed by atoms with Crippen molar-refractivity contribution in [1.82, 2.24) is 10.2 Å². The van der Waals surface area contributed by atoms with E-state index in [1.54, 1.807) is 49.4 Å². The highest BCUT2D eigenvalue weighted by Crippen LogP contribution is 2.32. The fourth-order valence-corrected chi connectivity index (χ4v) is 3.18. The molecule has 1 aliphatic rings. The van der Waals surface area contributed by atoms with E-state index in [0.29, 0.717) is 26.9 Å². The number of nitrogens with one attached hydrogen (secondary N) is 1. The van der Waals surface area contributed by atoms with Gasteiger partial charge in [-0.3, -0.25) is 9.69 Å². The number of hydrogen-bond acceptors (Lipinski definition) is 3. The summed E-state index contributed by atoms with van der Waals surface area (Å²) in [5, 5.41) is 3.82. The summed E-state index contributed by atoms with van der Waals surface area (Å²) in [4.78, 5) is 26.5. The Labute approximate surface area is 155 Å². The zero-order valence-electron chi connectivity index (χ0n) is 13.7. The largest absolute Gasteiger partial charge is 0.496 e. The van der Waals surface area contributed by atoms with Crippen LogP contribution in [0, 0.1) is 0 Å².